The Labute approximate surface area is 131 Å². The molecule has 19 heavy (non-hydrogen) atoms. The lowest BCUT2D eigenvalue weighted by atomic mass is 10.1. The minimum Gasteiger partial charge on any atom is -0.387 e. The van der Waals surface area contributed by atoms with Gasteiger partial charge in [-0.1, -0.05) is 34.8 Å². The Hall–Kier alpha value is -0.130. The van der Waals surface area contributed by atoms with E-state index in [4.69, 9.17) is 34.8 Å². The Bertz CT molecular complexity index is 480. The Balaban J connectivity index is 2.83. The summed E-state index contributed by atoms with van der Waals surface area (Å²) in [5.41, 5.74) is -0.872. The molecule has 0 aliphatic heterocycles. The molecule has 3 nitrogen and oxygen atoms in total. The Morgan fingerprint density at radius 2 is 1.95 bits per heavy atom. The van der Waals surface area contributed by atoms with Crippen LogP contribution in [0.25, 0.3) is 0 Å². The summed E-state index contributed by atoms with van der Waals surface area (Å²) in [6.45, 7) is 1.75. The third-order valence-electron chi connectivity index (χ3n) is 2.36. The number of carbonyl (C=O) groups excluding carboxylic acids is 1. The van der Waals surface area contributed by atoms with Crippen molar-refractivity contribution in [1.29, 1.82) is 0 Å². The molecule has 7 heteroatoms. The molecular weight excluding hydrogens is 329 g/mol. The fraction of sp³-hybridized carbons (Fsp3) is 0.417. The highest BCUT2D eigenvalue weighted by molar-refractivity contribution is 7.98. The summed E-state index contributed by atoms with van der Waals surface area (Å²) in [5.74, 6) is 0.0449. The van der Waals surface area contributed by atoms with Crippen LogP contribution in [0, 0.1) is 0 Å². The van der Waals surface area contributed by atoms with E-state index in [2.05, 4.69) is 5.32 Å². The van der Waals surface area contributed by atoms with Gasteiger partial charge >= 0.3 is 0 Å². The molecule has 1 aromatic carbocycles. The van der Waals surface area contributed by atoms with E-state index in [1.165, 1.54) is 23.9 Å². The number of benzene rings is 1. The van der Waals surface area contributed by atoms with E-state index in [-0.39, 0.29) is 27.2 Å². The summed E-state index contributed by atoms with van der Waals surface area (Å²) in [6, 6.07) is 3.03. The second-order valence-electron chi connectivity index (χ2n) is 4.33. The summed E-state index contributed by atoms with van der Waals surface area (Å²) in [7, 11) is 0. The van der Waals surface area contributed by atoms with Crippen LogP contribution in [0.3, 0.4) is 0 Å². The van der Waals surface area contributed by atoms with Crippen molar-refractivity contribution < 1.29 is 9.90 Å². The molecule has 106 valence electrons. The van der Waals surface area contributed by atoms with E-state index in [9.17, 15) is 9.90 Å². The average molecular weight is 343 g/mol. The molecule has 0 aliphatic carbocycles. The number of carbonyl (C=O) groups is 1. The maximum Gasteiger partial charge on any atom is 0.254 e. The molecule has 2 N–H and O–H groups in total. The normalized spacial score (nSPS) is 14.0. The zero-order valence-corrected chi connectivity index (χ0v) is 13.6. The Morgan fingerprint density at radius 1 is 1.37 bits per heavy atom. The van der Waals surface area contributed by atoms with Crippen molar-refractivity contribution in [2.75, 3.05) is 18.6 Å². The van der Waals surface area contributed by atoms with Crippen LogP contribution in [0.1, 0.15) is 17.3 Å². The van der Waals surface area contributed by atoms with Crippen LogP contribution >= 0.6 is 46.6 Å². The van der Waals surface area contributed by atoms with Crippen LogP contribution in [-0.2, 0) is 0 Å². The molecule has 0 heterocycles. The fourth-order valence-corrected chi connectivity index (χ4v) is 2.88. The van der Waals surface area contributed by atoms with Gasteiger partial charge in [-0.05, 0) is 25.3 Å². The molecule has 0 saturated heterocycles. The maximum atomic E-state index is 12.0. The first kappa shape index (κ1) is 16.9. The van der Waals surface area contributed by atoms with Gasteiger partial charge in [0.1, 0.15) is 0 Å². The summed E-state index contributed by atoms with van der Waals surface area (Å²) < 4.78 is 0. The largest absolute Gasteiger partial charge is 0.387 e. The predicted molar refractivity (Wildman–Crippen MR) is 82.8 cm³/mol. The smallest absolute Gasteiger partial charge is 0.254 e. The third kappa shape index (κ3) is 4.72. The molecule has 0 aromatic heterocycles. The number of hydrogen-bond acceptors (Lipinski definition) is 3. The van der Waals surface area contributed by atoms with E-state index in [0.717, 1.165) is 0 Å². The first-order valence-electron chi connectivity index (χ1n) is 5.41. The number of rotatable bonds is 5. The van der Waals surface area contributed by atoms with Crippen LogP contribution in [0.15, 0.2) is 12.1 Å². The van der Waals surface area contributed by atoms with E-state index in [1.54, 1.807) is 6.92 Å². The van der Waals surface area contributed by atoms with Gasteiger partial charge in [0.2, 0.25) is 0 Å². The third-order valence-corrected chi connectivity index (χ3v) is 4.39. The van der Waals surface area contributed by atoms with Gasteiger partial charge in [0.25, 0.3) is 5.91 Å². The quantitative estimate of drug-likeness (QED) is 0.805. The van der Waals surface area contributed by atoms with Crippen molar-refractivity contribution in [1.82, 2.24) is 5.32 Å². The van der Waals surface area contributed by atoms with Crippen molar-refractivity contribution >= 4 is 52.5 Å². The highest BCUT2D eigenvalue weighted by Crippen LogP contribution is 2.31. The van der Waals surface area contributed by atoms with Crippen molar-refractivity contribution in [2.45, 2.75) is 12.5 Å². The van der Waals surface area contributed by atoms with Crippen LogP contribution < -0.4 is 5.32 Å². The van der Waals surface area contributed by atoms with E-state index in [1.807, 2.05) is 6.26 Å². The number of thioether (sulfide) groups is 1. The molecule has 0 bridgehead atoms. The lowest BCUT2D eigenvalue weighted by molar-refractivity contribution is 0.0725. The first-order chi connectivity index (χ1) is 8.78. The molecule has 0 fully saturated rings. The fourth-order valence-electron chi connectivity index (χ4n) is 1.46. The van der Waals surface area contributed by atoms with Crippen LogP contribution in [-0.4, -0.2) is 35.2 Å². The summed E-state index contributed by atoms with van der Waals surface area (Å²) >= 11 is 19.2. The molecule has 1 amide bonds. The van der Waals surface area contributed by atoms with Gasteiger partial charge in [-0.15, -0.1) is 0 Å². The van der Waals surface area contributed by atoms with Gasteiger partial charge in [-0.25, -0.2) is 0 Å². The summed E-state index contributed by atoms with van der Waals surface area (Å²) in [6.07, 6.45) is 1.88. The SMILES string of the molecule is CSCC(C)(O)CNC(=O)c1c(Cl)ccc(Cl)c1Cl. The van der Waals surface area contributed by atoms with Gasteiger partial charge in [-0.2, -0.15) is 11.8 Å². The number of halogens is 3. The Kier molecular flexibility index (Phi) is 6.27. The number of amides is 1. The highest BCUT2D eigenvalue weighted by Gasteiger charge is 2.23. The number of aliphatic hydroxyl groups is 1. The van der Waals surface area contributed by atoms with E-state index < -0.39 is 11.5 Å². The molecule has 1 rings (SSSR count). The average Bonchev–Trinajstić information content (AvgIpc) is 2.32. The predicted octanol–water partition coefficient (Wildman–Crippen LogP) is 3.49. The van der Waals surface area contributed by atoms with Crippen molar-refractivity contribution in [2.24, 2.45) is 0 Å². The molecule has 0 spiro atoms. The van der Waals surface area contributed by atoms with Crippen molar-refractivity contribution in [3.8, 4) is 0 Å². The standard InChI is InChI=1S/C12H14Cl3NO2S/c1-12(18,6-19-2)5-16-11(17)9-7(13)3-4-8(14)10(9)15/h3-4,18H,5-6H2,1-2H3,(H,16,17). The zero-order valence-electron chi connectivity index (χ0n) is 10.5. The highest BCUT2D eigenvalue weighted by atomic mass is 35.5. The number of hydrogen-bond donors (Lipinski definition) is 2. The van der Waals surface area contributed by atoms with Crippen molar-refractivity contribution in [3.05, 3.63) is 32.8 Å². The number of nitrogens with one attached hydrogen (secondary N) is 1. The lowest BCUT2D eigenvalue weighted by Gasteiger charge is -2.22. The topological polar surface area (TPSA) is 49.3 Å². The maximum absolute atomic E-state index is 12.0. The van der Waals surface area contributed by atoms with Gasteiger partial charge in [-0.3, -0.25) is 4.79 Å². The second-order valence-corrected chi connectivity index (χ2v) is 6.39. The molecule has 0 saturated carbocycles. The summed E-state index contributed by atoms with van der Waals surface area (Å²) in [5, 5.41) is 13.2. The van der Waals surface area contributed by atoms with Crippen molar-refractivity contribution in [3.63, 3.8) is 0 Å². The molecular formula is C12H14Cl3NO2S. The molecule has 0 aliphatic rings. The Morgan fingerprint density at radius 3 is 2.53 bits per heavy atom. The van der Waals surface area contributed by atoms with Crippen LogP contribution in [0.4, 0.5) is 0 Å². The summed E-state index contributed by atoms with van der Waals surface area (Å²) in [4.78, 5) is 12.0. The van der Waals surface area contributed by atoms with Gasteiger partial charge < -0.3 is 10.4 Å². The lowest BCUT2D eigenvalue weighted by Crippen LogP contribution is -2.42. The van der Waals surface area contributed by atoms with Gasteiger partial charge in [0.05, 0.1) is 26.2 Å². The van der Waals surface area contributed by atoms with Crippen LogP contribution in [0.2, 0.25) is 15.1 Å². The van der Waals surface area contributed by atoms with Crippen LogP contribution in [0.5, 0.6) is 0 Å². The molecule has 0 radical (unpaired) electrons. The van der Waals surface area contributed by atoms with Gasteiger partial charge in [0, 0.05) is 12.3 Å². The minimum absolute atomic E-state index is 0.103. The van der Waals surface area contributed by atoms with E-state index >= 15 is 0 Å². The minimum atomic E-state index is -0.993. The first-order valence-corrected chi connectivity index (χ1v) is 7.94. The van der Waals surface area contributed by atoms with Gasteiger partial charge in [0.15, 0.2) is 0 Å². The monoisotopic (exact) mass is 341 g/mol. The molecule has 1 aromatic rings. The molecule has 1 unspecified atom stereocenters. The molecule has 1 atom stereocenters. The zero-order chi connectivity index (χ0) is 14.6. The second kappa shape index (κ2) is 7.04. The van der Waals surface area contributed by atoms with E-state index in [0.29, 0.717) is 5.75 Å².